The highest BCUT2D eigenvalue weighted by Crippen LogP contribution is 2.28. The second kappa shape index (κ2) is 11.1. The summed E-state index contributed by atoms with van der Waals surface area (Å²) in [4.78, 5) is 27.3. The van der Waals surface area contributed by atoms with Crippen LogP contribution in [0.4, 0.5) is 4.39 Å². The molecule has 3 atom stereocenters. The molecule has 0 amide bonds. The van der Waals surface area contributed by atoms with Gasteiger partial charge in [0.1, 0.15) is 36.2 Å². The third-order valence-electron chi connectivity index (χ3n) is 7.50. The molecule has 41 heavy (non-hydrogen) atoms. The van der Waals surface area contributed by atoms with Crippen molar-refractivity contribution >= 4 is 17.0 Å². The molecule has 1 N–H and O–H groups in total. The van der Waals surface area contributed by atoms with E-state index in [0.717, 1.165) is 36.0 Å². The lowest BCUT2D eigenvalue weighted by atomic mass is 10.0. The lowest BCUT2D eigenvalue weighted by Gasteiger charge is -2.45. The van der Waals surface area contributed by atoms with Crippen molar-refractivity contribution in [3.63, 3.8) is 0 Å². The van der Waals surface area contributed by atoms with Crippen LogP contribution in [0.3, 0.4) is 0 Å². The van der Waals surface area contributed by atoms with Gasteiger partial charge >= 0.3 is 5.97 Å². The standard InChI is InChI=1S/C29H27FN6O5/c1-17-25(41-28-6-8-32-26(34-28)16-40-24-5-3-20(30)10-19(24)12-31)14-35(17)15-27-33-22-4-2-18(29(37)38)11-23(22)36(27)13-21-7-9-39-21/h2-6,8,10-11,17,21,25H,7,9,13-16H2,1H3,(H,37,38)/t17-,21-,25-/m0/s1. The fourth-order valence-electron chi connectivity index (χ4n) is 4.96. The van der Waals surface area contributed by atoms with Crippen LogP contribution in [0.1, 0.15) is 40.9 Å². The van der Waals surface area contributed by atoms with E-state index in [2.05, 4.69) is 26.4 Å². The van der Waals surface area contributed by atoms with Crippen LogP contribution in [0.2, 0.25) is 0 Å². The monoisotopic (exact) mass is 558 g/mol. The molecule has 2 aromatic heterocycles. The fraction of sp³-hybridized carbons (Fsp3) is 0.345. The van der Waals surface area contributed by atoms with E-state index in [1.165, 1.54) is 12.1 Å². The van der Waals surface area contributed by atoms with Gasteiger partial charge in [-0.1, -0.05) is 0 Å². The van der Waals surface area contributed by atoms with Gasteiger partial charge in [-0.05, 0) is 49.7 Å². The second-order valence-corrected chi connectivity index (χ2v) is 10.1. The van der Waals surface area contributed by atoms with Gasteiger partial charge < -0.3 is 23.9 Å². The van der Waals surface area contributed by atoms with Crippen LogP contribution >= 0.6 is 0 Å². The van der Waals surface area contributed by atoms with Crippen LogP contribution in [0, 0.1) is 17.1 Å². The van der Waals surface area contributed by atoms with Gasteiger partial charge in [0.05, 0.1) is 41.4 Å². The molecule has 6 rings (SSSR count). The van der Waals surface area contributed by atoms with Crippen LogP contribution in [0.15, 0.2) is 48.7 Å². The number of fused-ring (bicyclic) bond motifs is 1. The summed E-state index contributed by atoms with van der Waals surface area (Å²) in [7, 11) is 0. The molecular weight excluding hydrogens is 531 g/mol. The summed E-state index contributed by atoms with van der Waals surface area (Å²) >= 11 is 0. The van der Waals surface area contributed by atoms with E-state index in [0.29, 0.717) is 31.3 Å². The van der Waals surface area contributed by atoms with Gasteiger partial charge in [0.15, 0.2) is 5.82 Å². The second-order valence-electron chi connectivity index (χ2n) is 10.1. The Labute approximate surface area is 234 Å². The van der Waals surface area contributed by atoms with Gasteiger partial charge in [-0.3, -0.25) is 4.90 Å². The van der Waals surface area contributed by atoms with E-state index in [4.69, 9.17) is 19.2 Å². The van der Waals surface area contributed by atoms with Crippen LogP contribution in [-0.2, 0) is 24.4 Å². The van der Waals surface area contributed by atoms with E-state index >= 15 is 0 Å². The van der Waals surface area contributed by atoms with Gasteiger partial charge in [-0.15, -0.1) is 0 Å². The van der Waals surface area contributed by atoms with Gasteiger partial charge in [0, 0.05) is 31.5 Å². The molecule has 0 saturated carbocycles. The summed E-state index contributed by atoms with van der Waals surface area (Å²) in [6, 6.07) is 12.4. The summed E-state index contributed by atoms with van der Waals surface area (Å²) in [5.41, 5.74) is 1.86. The van der Waals surface area contributed by atoms with E-state index in [1.807, 2.05) is 6.07 Å². The van der Waals surface area contributed by atoms with Gasteiger partial charge in [-0.25, -0.2) is 19.2 Å². The number of ether oxygens (including phenoxy) is 3. The molecule has 2 aliphatic rings. The van der Waals surface area contributed by atoms with E-state index in [1.54, 1.807) is 30.5 Å². The average Bonchev–Trinajstić information content (AvgIpc) is 3.29. The molecule has 11 nitrogen and oxygen atoms in total. The maximum absolute atomic E-state index is 13.4. The zero-order valence-electron chi connectivity index (χ0n) is 22.2. The zero-order valence-corrected chi connectivity index (χ0v) is 22.2. The Kier molecular flexibility index (Phi) is 7.21. The number of likely N-dealkylation sites (tertiary alicyclic amines) is 1. The molecule has 0 aliphatic carbocycles. The largest absolute Gasteiger partial charge is 0.484 e. The van der Waals surface area contributed by atoms with E-state index in [9.17, 15) is 19.6 Å². The van der Waals surface area contributed by atoms with Gasteiger partial charge in [-0.2, -0.15) is 10.2 Å². The van der Waals surface area contributed by atoms with Crippen molar-refractivity contribution in [3.8, 4) is 17.7 Å². The number of hydrogen-bond donors (Lipinski definition) is 1. The first-order valence-corrected chi connectivity index (χ1v) is 13.3. The number of aromatic nitrogens is 4. The number of benzene rings is 2. The highest BCUT2D eigenvalue weighted by Gasteiger charge is 2.38. The van der Waals surface area contributed by atoms with Crippen LogP contribution in [0.25, 0.3) is 11.0 Å². The Morgan fingerprint density at radius 3 is 2.83 bits per heavy atom. The molecule has 2 aliphatic heterocycles. The molecule has 0 unspecified atom stereocenters. The normalized spacial score (nSPS) is 20.2. The molecule has 4 aromatic rings. The van der Waals surface area contributed by atoms with E-state index < -0.39 is 11.8 Å². The number of halogens is 1. The number of carboxylic acid groups (broad SMARTS) is 1. The number of hydrogen-bond acceptors (Lipinski definition) is 9. The Morgan fingerprint density at radius 2 is 2.10 bits per heavy atom. The molecule has 0 radical (unpaired) electrons. The molecule has 2 fully saturated rings. The van der Waals surface area contributed by atoms with Crippen molar-refractivity contribution in [1.29, 1.82) is 5.26 Å². The number of nitrogens with zero attached hydrogens (tertiary/aromatic N) is 6. The minimum atomic E-state index is -0.973. The molecule has 0 bridgehead atoms. The minimum absolute atomic E-state index is 0.00558. The number of carboxylic acids is 1. The summed E-state index contributed by atoms with van der Waals surface area (Å²) in [5, 5.41) is 18.7. The Bertz CT molecular complexity index is 1650. The smallest absolute Gasteiger partial charge is 0.335 e. The predicted molar refractivity (Wildman–Crippen MR) is 143 cm³/mol. The van der Waals surface area contributed by atoms with Crippen LogP contribution in [-0.4, -0.2) is 66.9 Å². The van der Waals surface area contributed by atoms with Crippen molar-refractivity contribution in [2.75, 3.05) is 13.2 Å². The van der Waals surface area contributed by atoms with Crippen molar-refractivity contribution in [3.05, 3.63) is 77.3 Å². The molecule has 12 heteroatoms. The summed E-state index contributed by atoms with van der Waals surface area (Å²) in [6.07, 6.45) is 2.53. The van der Waals surface area contributed by atoms with Crippen molar-refractivity contribution < 1.29 is 28.5 Å². The third kappa shape index (κ3) is 5.54. The van der Waals surface area contributed by atoms with E-state index in [-0.39, 0.29) is 41.7 Å². The van der Waals surface area contributed by atoms with Crippen LogP contribution in [0.5, 0.6) is 11.6 Å². The number of nitriles is 1. The Hall–Kier alpha value is -4.60. The number of carbonyl (C=O) groups is 1. The lowest BCUT2D eigenvalue weighted by molar-refractivity contribution is -0.0616. The van der Waals surface area contributed by atoms with Crippen molar-refractivity contribution in [1.82, 2.24) is 24.4 Å². The maximum atomic E-state index is 13.4. The van der Waals surface area contributed by atoms with Gasteiger partial charge in [0.25, 0.3) is 0 Å². The maximum Gasteiger partial charge on any atom is 0.335 e. The number of aromatic carboxylic acids is 1. The predicted octanol–water partition coefficient (Wildman–Crippen LogP) is 3.55. The van der Waals surface area contributed by atoms with Gasteiger partial charge in [0.2, 0.25) is 5.88 Å². The minimum Gasteiger partial charge on any atom is -0.484 e. The molecular formula is C29H27FN6O5. The molecule has 210 valence electrons. The first-order valence-electron chi connectivity index (χ1n) is 13.3. The highest BCUT2D eigenvalue weighted by atomic mass is 19.1. The molecule has 4 heterocycles. The quantitative estimate of drug-likeness (QED) is 0.308. The average molecular weight is 559 g/mol. The summed E-state index contributed by atoms with van der Waals surface area (Å²) < 4.78 is 32.9. The lowest BCUT2D eigenvalue weighted by Crippen LogP contribution is -2.60. The fourth-order valence-corrected chi connectivity index (χ4v) is 4.96. The SMILES string of the molecule is C[C@H]1[C@@H](Oc2ccnc(COc3ccc(F)cc3C#N)n2)CN1Cc1nc2ccc(C(=O)O)cc2n1C[C@@H]1CCO1. The first kappa shape index (κ1) is 26.6. The molecule has 2 saturated heterocycles. The summed E-state index contributed by atoms with van der Waals surface area (Å²) in [6.45, 7) is 4.65. The third-order valence-corrected chi connectivity index (χ3v) is 7.50. The first-order chi connectivity index (χ1) is 19.9. The zero-order chi connectivity index (χ0) is 28.5. The van der Waals surface area contributed by atoms with Crippen LogP contribution < -0.4 is 9.47 Å². The number of imidazole rings is 1. The Balaban J connectivity index is 1.10. The van der Waals surface area contributed by atoms with Crippen molar-refractivity contribution in [2.45, 2.75) is 51.3 Å². The topological polar surface area (TPSA) is 136 Å². The van der Waals surface area contributed by atoms with Crippen molar-refractivity contribution in [2.24, 2.45) is 0 Å². The Morgan fingerprint density at radius 1 is 1.24 bits per heavy atom. The molecule has 2 aromatic carbocycles. The summed E-state index contributed by atoms with van der Waals surface area (Å²) in [5.74, 6) is 0.390. The number of rotatable bonds is 10. The molecule has 0 spiro atoms. The highest BCUT2D eigenvalue weighted by molar-refractivity contribution is 5.92.